The number of aliphatic hydroxyl groups is 1. The molecule has 0 saturated carbocycles. The van der Waals surface area contributed by atoms with Crippen molar-refractivity contribution < 1.29 is 19.4 Å². The highest BCUT2D eigenvalue weighted by Gasteiger charge is 2.25. The summed E-state index contributed by atoms with van der Waals surface area (Å²) >= 11 is 0. The van der Waals surface area contributed by atoms with Gasteiger partial charge < -0.3 is 25.8 Å². The highest BCUT2D eigenvalue weighted by molar-refractivity contribution is 5.88. The Balaban J connectivity index is 0.00000197. The van der Waals surface area contributed by atoms with E-state index in [1.165, 1.54) is 16.3 Å². The van der Waals surface area contributed by atoms with Gasteiger partial charge in [0.2, 0.25) is 11.8 Å². The minimum absolute atomic E-state index is 0.0440. The zero-order valence-electron chi connectivity index (χ0n) is 26.1. The lowest BCUT2D eigenvalue weighted by molar-refractivity contribution is -0.130. The monoisotopic (exact) mass is 577 g/mol. The number of hydrogen-bond donors (Lipinski definition) is 4. The van der Waals surface area contributed by atoms with Crippen LogP contribution in [-0.2, 0) is 27.5 Å². The fraction of sp³-hybridized carbons (Fsp3) is 0.486. The summed E-state index contributed by atoms with van der Waals surface area (Å²) in [6.07, 6.45) is 2.71. The number of aliphatic hydroxyl groups excluding tert-OH is 1. The van der Waals surface area contributed by atoms with Gasteiger partial charge in [-0.1, -0.05) is 107 Å². The average Bonchev–Trinajstić information content (AvgIpc) is 2.99. The number of carbonyl (C=O) groups excluding carboxylic acids is 2. The Kier molecular flexibility index (Phi) is 16.5. The van der Waals surface area contributed by atoms with Gasteiger partial charge in [0.15, 0.2) is 0 Å². The number of benzene rings is 3. The third-order valence-electron chi connectivity index (χ3n) is 7.10. The maximum atomic E-state index is 12.9. The number of ether oxygens (including phenoxy) is 1. The molecule has 0 aliphatic rings. The molecule has 0 bridgehead atoms. The number of carbonyl (C=O) groups is 2. The lowest BCUT2D eigenvalue weighted by Crippen LogP contribution is -2.50. The van der Waals surface area contributed by atoms with Gasteiger partial charge in [0, 0.05) is 31.7 Å². The number of amides is 2. The van der Waals surface area contributed by atoms with Crippen LogP contribution < -0.4 is 16.0 Å². The number of fused-ring (bicyclic) bond motifs is 1. The van der Waals surface area contributed by atoms with E-state index in [-0.39, 0.29) is 30.4 Å². The van der Waals surface area contributed by atoms with E-state index in [0.29, 0.717) is 38.6 Å². The first-order chi connectivity index (χ1) is 20.3. The second kappa shape index (κ2) is 19.8. The van der Waals surface area contributed by atoms with Crippen molar-refractivity contribution in [3.63, 3.8) is 0 Å². The van der Waals surface area contributed by atoms with Crippen molar-refractivity contribution in [3.05, 3.63) is 83.9 Å². The van der Waals surface area contributed by atoms with Crippen LogP contribution in [0, 0.1) is 5.92 Å². The third-order valence-corrected chi connectivity index (χ3v) is 7.10. The van der Waals surface area contributed by atoms with E-state index in [2.05, 4.69) is 66.2 Å². The molecule has 3 aromatic rings. The van der Waals surface area contributed by atoms with Crippen molar-refractivity contribution in [2.24, 2.45) is 5.92 Å². The highest BCUT2D eigenvalue weighted by atomic mass is 16.5. The standard InChI is InChI=1S/C33H45N3O3.C2H6O/c1-5-25(4)32(33(38)34-21-26-13-7-6-8-14-26)36-31(37)20-12-18-29(35-24(2)3)23-39-22-28-17-11-16-27-15-9-10-19-30(27)28;1-2-3/h6-11,13-17,19,24-25,29,32,35H,5,12,18,20-23H2,1-4H3,(H,34,38)(H,36,37);3H,2H2,1H3/t25-,29+,32?;/m0./s1. The molecule has 0 saturated heterocycles. The van der Waals surface area contributed by atoms with Gasteiger partial charge in [-0.25, -0.2) is 0 Å². The first-order valence-corrected chi connectivity index (χ1v) is 15.3. The smallest absolute Gasteiger partial charge is 0.243 e. The lowest BCUT2D eigenvalue weighted by atomic mass is 9.97. The normalized spacial score (nSPS) is 13.1. The van der Waals surface area contributed by atoms with Crippen LogP contribution in [0.15, 0.2) is 72.8 Å². The summed E-state index contributed by atoms with van der Waals surface area (Å²) in [5.41, 5.74) is 2.21. The molecule has 7 nitrogen and oxygen atoms in total. The predicted molar refractivity (Wildman–Crippen MR) is 172 cm³/mol. The molecule has 0 aliphatic heterocycles. The molecule has 0 aromatic heterocycles. The van der Waals surface area contributed by atoms with Crippen LogP contribution in [0.4, 0.5) is 0 Å². The quantitative estimate of drug-likeness (QED) is 0.174. The summed E-state index contributed by atoms with van der Waals surface area (Å²) in [7, 11) is 0. The molecule has 3 aromatic carbocycles. The van der Waals surface area contributed by atoms with Gasteiger partial charge in [0.05, 0.1) is 13.2 Å². The first kappa shape index (κ1) is 34.9. The van der Waals surface area contributed by atoms with Gasteiger partial charge in [-0.3, -0.25) is 9.59 Å². The molecular formula is C35H51N3O4. The maximum absolute atomic E-state index is 12.9. The van der Waals surface area contributed by atoms with Gasteiger partial charge in [-0.15, -0.1) is 0 Å². The molecule has 0 radical (unpaired) electrons. The lowest BCUT2D eigenvalue weighted by Gasteiger charge is -2.24. The Bertz CT molecular complexity index is 1180. The van der Waals surface area contributed by atoms with Crippen LogP contribution in [0.5, 0.6) is 0 Å². The third kappa shape index (κ3) is 12.7. The van der Waals surface area contributed by atoms with Crippen molar-refractivity contribution in [1.82, 2.24) is 16.0 Å². The summed E-state index contributed by atoms with van der Waals surface area (Å²) in [4.78, 5) is 25.8. The molecule has 42 heavy (non-hydrogen) atoms. The van der Waals surface area contributed by atoms with Gasteiger partial charge in [-0.05, 0) is 47.6 Å². The molecule has 4 N–H and O–H groups in total. The van der Waals surface area contributed by atoms with Gasteiger partial charge >= 0.3 is 0 Å². The highest BCUT2D eigenvalue weighted by Crippen LogP contribution is 2.19. The van der Waals surface area contributed by atoms with Crippen molar-refractivity contribution in [2.45, 2.75) is 91.6 Å². The van der Waals surface area contributed by atoms with Crippen LogP contribution in [0.3, 0.4) is 0 Å². The SMILES string of the molecule is CCO.CC[C@H](C)C(NC(=O)CCC[C@H](COCc1cccc2ccccc12)NC(C)C)C(=O)NCc1ccccc1. The summed E-state index contributed by atoms with van der Waals surface area (Å²) in [5.74, 6) is -0.180. The molecule has 1 unspecified atom stereocenters. The Hall–Kier alpha value is -3.26. The summed E-state index contributed by atoms with van der Waals surface area (Å²) in [6.45, 7) is 11.8. The van der Waals surface area contributed by atoms with Crippen molar-refractivity contribution >= 4 is 22.6 Å². The maximum Gasteiger partial charge on any atom is 0.243 e. The summed E-state index contributed by atoms with van der Waals surface area (Å²) < 4.78 is 6.14. The minimum atomic E-state index is -0.542. The van der Waals surface area contributed by atoms with E-state index in [1.807, 2.05) is 50.2 Å². The van der Waals surface area contributed by atoms with Gasteiger partial charge in [-0.2, -0.15) is 0 Å². The molecule has 3 rings (SSSR count). The second-order valence-corrected chi connectivity index (χ2v) is 11.0. The predicted octanol–water partition coefficient (Wildman–Crippen LogP) is 5.74. The number of hydrogen-bond acceptors (Lipinski definition) is 5. The molecule has 0 heterocycles. The molecule has 2 amide bonds. The van der Waals surface area contributed by atoms with Crippen LogP contribution in [0.2, 0.25) is 0 Å². The molecule has 0 spiro atoms. The first-order valence-electron chi connectivity index (χ1n) is 15.3. The van der Waals surface area contributed by atoms with Gasteiger partial charge in [0.25, 0.3) is 0 Å². The molecule has 7 heteroatoms. The zero-order valence-corrected chi connectivity index (χ0v) is 26.1. The van der Waals surface area contributed by atoms with Crippen molar-refractivity contribution in [2.75, 3.05) is 13.2 Å². The Morgan fingerprint density at radius 3 is 2.26 bits per heavy atom. The molecule has 3 atom stereocenters. The van der Waals surface area contributed by atoms with Crippen molar-refractivity contribution in [1.29, 1.82) is 0 Å². The molecule has 0 fully saturated rings. The topological polar surface area (TPSA) is 99.7 Å². The average molecular weight is 578 g/mol. The Morgan fingerprint density at radius 1 is 0.905 bits per heavy atom. The van der Waals surface area contributed by atoms with Crippen LogP contribution in [0.1, 0.15) is 71.4 Å². The fourth-order valence-corrected chi connectivity index (χ4v) is 4.77. The zero-order chi connectivity index (χ0) is 30.7. The van der Waals surface area contributed by atoms with E-state index in [0.717, 1.165) is 18.4 Å². The Morgan fingerprint density at radius 2 is 1.57 bits per heavy atom. The van der Waals surface area contributed by atoms with E-state index < -0.39 is 6.04 Å². The molecule has 0 aliphatic carbocycles. The number of rotatable bonds is 16. The van der Waals surface area contributed by atoms with E-state index in [4.69, 9.17) is 9.84 Å². The largest absolute Gasteiger partial charge is 0.397 e. The summed E-state index contributed by atoms with van der Waals surface area (Å²) in [6, 6.07) is 24.4. The van der Waals surface area contributed by atoms with E-state index in [1.54, 1.807) is 6.92 Å². The van der Waals surface area contributed by atoms with Crippen LogP contribution >= 0.6 is 0 Å². The molecular weight excluding hydrogens is 526 g/mol. The fourth-order valence-electron chi connectivity index (χ4n) is 4.77. The van der Waals surface area contributed by atoms with Crippen LogP contribution in [-0.4, -0.2) is 48.3 Å². The van der Waals surface area contributed by atoms with Gasteiger partial charge in [0.1, 0.15) is 6.04 Å². The Labute approximate surface area is 252 Å². The molecule has 230 valence electrons. The minimum Gasteiger partial charge on any atom is -0.397 e. The van der Waals surface area contributed by atoms with Crippen LogP contribution in [0.25, 0.3) is 10.8 Å². The number of nitrogens with one attached hydrogen (secondary N) is 3. The summed E-state index contributed by atoms with van der Waals surface area (Å²) in [5, 5.41) is 19.6. The second-order valence-electron chi connectivity index (χ2n) is 11.0. The van der Waals surface area contributed by atoms with Crippen molar-refractivity contribution in [3.8, 4) is 0 Å². The van der Waals surface area contributed by atoms with E-state index in [9.17, 15) is 9.59 Å². The van der Waals surface area contributed by atoms with E-state index >= 15 is 0 Å².